The lowest BCUT2D eigenvalue weighted by Crippen LogP contribution is -2.29. The van der Waals surface area contributed by atoms with Gasteiger partial charge >= 0.3 is 0 Å². The van der Waals surface area contributed by atoms with E-state index in [2.05, 4.69) is 6.92 Å². The molecule has 0 radical (unpaired) electrons. The summed E-state index contributed by atoms with van der Waals surface area (Å²) < 4.78 is 12.1. The molecule has 0 bridgehead atoms. The van der Waals surface area contributed by atoms with Gasteiger partial charge in [0.15, 0.2) is 5.43 Å². The second-order valence-corrected chi connectivity index (χ2v) is 10.4. The molecular weight excluding hydrogens is 474 g/mol. The molecule has 1 aliphatic rings. The molecule has 5 rings (SSSR count). The van der Waals surface area contributed by atoms with Gasteiger partial charge in [-0.3, -0.25) is 9.59 Å². The summed E-state index contributed by atoms with van der Waals surface area (Å²) in [5.74, 6) is 0.664. The minimum atomic E-state index is -0.543. The maximum atomic E-state index is 14.0. The van der Waals surface area contributed by atoms with E-state index in [1.807, 2.05) is 81.4 Å². The van der Waals surface area contributed by atoms with E-state index < -0.39 is 6.04 Å². The van der Waals surface area contributed by atoms with Gasteiger partial charge in [0.2, 0.25) is 5.76 Å². The number of fused-ring (bicyclic) bond motifs is 2. The SMILES string of the molecule is CCCCCCOc1ccc(C2c3c(oc4cc(C)cc(C)c4c3=O)C(=O)N2Cc2ccc(C)cc2)cc1. The van der Waals surface area contributed by atoms with Crippen molar-refractivity contribution < 1.29 is 13.9 Å². The zero-order valence-corrected chi connectivity index (χ0v) is 22.7. The van der Waals surface area contributed by atoms with Crippen LogP contribution in [0.2, 0.25) is 0 Å². The third-order valence-corrected chi connectivity index (χ3v) is 7.35. The number of carbonyl (C=O) groups is 1. The molecule has 1 amide bonds. The fourth-order valence-electron chi connectivity index (χ4n) is 5.38. The third kappa shape index (κ3) is 4.98. The van der Waals surface area contributed by atoms with Crippen molar-refractivity contribution in [3.63, 3.8) is 0 Å². The van der Waals surface area contributed by atoms with Crippen LogP contribution in [0, 0.1) is 20.8 Å². The Balaban J connectivity index is 1.55. The van der Waals surface area contributed by atoms with Crippen molar-refractivity contribution in [2.75, 3.05) is 6.61 Å². The van der Waals surface area contributed by atoms with Gasteiger partial charge in [-0.2, -0.15) is 0 Å². The number of benzene rings is 3. The quantitative estimate of drug-likeness (QED) is 0.220. The Morgan fingerprint density at radius 3 is 2.32 bits per heavy atom. The van der Waals surface area contributed by atoms with Crippen LogP contribution in [0.3, 0.4) is 0 Å². The summed E-state index contributed by atoms with van der Waals surface area (Å²) >= 11 is 0. The highest BCUT2D eigenvalue weighted by Gasteiger charge is 2.42. The predicted octanol–water partition coefficient (Wildman–Crippen LogP) is 7.42. The lowest BCUT2D eigenvalue weighted by Gasteiger charge is -2.25. The number of ether oxygens (including phenoxy) is 1. The van der Waals surface area contributed by atoms with Crippen molar-refractivity contribution >= 4 is 16.9 Å². The average Bonchev–Trinajstić information content (AvgIpc) is 3.16. The predicted molar refractivity (Wildman–Crippen MR) is 151 cm³/mol. The fraction of sp³-hybridized carbons (Fsp3) is 0.333. The Hall–Kier alpha value is -3.86. The number of unbranched alkanes of at least 4 members (excludes halogenated alkanes) is 3. The normalized spacial score (nSPS) is 14.8. The van der Waals surface area contributed by atoms with E-state index in [1.165, 1.54) is 12.8 Å². The molecule has 0 spiro atoms. The average molecular weight is 510 g/mol. The van der Waals surface area contributed by atoms with Crippen molar-refractivity contribution in [1.82, 2.24) is 4.90 Å². The van der Waals surface area contributed by atoms with E-state index in [4.69, 9.17) is 9.15 Å². The highest BCUT2D eigenvalue weighted by atomic mass is 16.5. The number of nitrogens with zero attached hydrogens (tertiary/aromatic N) is 1. The molecule has 196 valence electrons. The molecule has 5 nitrogen and oxygen atoms in total. The van der Waals surface area contributed by atoms with Crippen molar-refractivity contribution in [1.29, 1.82) is 0 Å². The molecule has 0 fully saturated rings. The molecule has 0 saturated carbocycles. The van der Waals surface area contributed by atoms with Crippen LogP contribution in [0.1, 0.15) is 82.6 Å². The molecule has 2 heterocycles. The first-order valence-corrected chi connectivity index (χ1v) is 13.5. The smallest absolute Gasteiger partial charge is 0.291 e. The standard InChI is InChI=1S/C33H35NO4/c1-5-6-7-8-17-37-26-15-13-25(14-16-26)30-29-31(35)28-23(4)18-22(3)19-27(28)38-32(29)33(36)34(30)20-24-11-9-21(2)10-12-24/h9-16,18-19,30H,5-8,17,20H2,1-4H3. The summed E-state index contributed by atoms with van der Waals surface area (Å²) in [6.07, 6.45) is 4.59. The van der Waals surface area contributed by atoms with E-state index >= 15 is 0 Å². The van der Waals surface area contributed by atoms with Crippen LogP contribution in [0.5, 0.6) is 5.75 Å². The van der Waals surface area contributed by atoms with Crippen molar-refractivity contribution in [3.05, 3.63) is 110 Å². The van der Waals surface area contributed by atoms with Gasteiger partial charge < -0.3 is 14.1 Å². The number of carbonyl (C=O) groups excluding carboxylic acids is 1. The van der Waals surface area contributed by atoms with Gasteiger partial charge in [0.1, 0.15) is 11.3 Å². The summed E-state index contributed by atoms with van der Waals surface area (Å²) in [6, 6.07) is 19.2. The minimum absolute atomic E-state index is 0.139. The van der Waals surface area contributed by atoms with Gasteiger partial charge in [-0.1, -0.05) is 74.2 Å². The molecule has 1 atom stereocenters. The highest BCUT2D eigenvalue weighted by Crippen LogP contribution is 2.40. The molecule has 1 aromatic heterocycles. The first-order chi connectivity index (χ1) is 18.4. The number of hydrogen-bond acceptors (Lipinski definition) is 4. The van der Waals surface area contributed by atoms with E-state index in [1.54, 1.807) is 4.90 Å². The van der Waals surface area contributed by atoms with Gasteiger partial charge in [-0.25, -0.2) is 0 Å². The van der Waals surface area contributed by atoms with E-state index in [-0.39, 0.29) is 17.1 Å². The molecule has 1 unspecified atom stereocenters. The second kappa shape index (κ2) is 10.9. The first kappa shape index (κ1) is 25.8. The lowest BCUT2D eigenvalue weighted by atomic mass is 9.96. The molecule has 0 saturated heterocycles. The molecule has 0 N–H and O–H groups in total. The zero-order chi connectivity index (χ0) is 26.8. The fourth-order valence-corrected chi connectivity index (χ4v) is 5.38. The second-order valence-electron chi connectivity index (χ2n) is 10.4. The monoisotopic (exact) mass is 509 g/mol. The topological polar surface area (TPSA) is 59.8 Å². The number of aryl methyl sites for hydroxylation is 3. The largest absolute Gasteiger partial charge is 0.494 e. The van der Waals surface area contributed by atoms with Gasteiger partial charge in [-0.15, -0.1) is 0 Å². The zero-order valence-electron chi connectivity index (χ0n) is 22.7. The van der Waals surface area contributed by atoms with E-state index in [9.17, 15) is 9.59 Å². The molecule has 38 heavy (non-hydrogen) atoms. The van der Waals surface area contributed by atoms with Crippen molar-refractivity contribution in [2.24, 2.45) is 0 Å². The van der Waals surface area contributed by atoms with Gasteiger partial charge in [-0.05, 0) is 67.6 Å². The summed E-state index contributed by atoms with van der Waals surface area (Å²) in [7, 11) is 0. The van der Waals surface area contributed by atoms with Crippen LogP contribution >= 0.6 is 0 Å². The Morgan fingerprint density at radius 2 is 1.61 bits per heavy atom. The van der Waals surface area contributed by atoms with E-state index in [0.717, 1.165) is 46.4 Å². The van der Waals surface area contributed by atoms with Crippen LogP contribution in [0.4, 0.5) is 0 Å². The Morgan fingerprint density at radius 1 is 0.868 bits per heavy atom. The number of rotatable bonds is 9. The third-order valence-electron chi connectivity index (χ3n) is 7.35. The number of amides is 1. The molecule has 1 aliphatic heterocycles. The minimum Gasteiger partial charge on any atom is -0.494 e. The van der Waals surface area contributed by atoms with Crippen LogP contribution in [-0.2, 0) is 6.54 Å². The van der Waals surface area contributed by atoms with Crippen LogP contribution in [0.15, 0.2) is 69.9 Å². The van der Waals surface area contributed by atoms with Crippen LogP contribution in [-0.4, -0.2) is 17.4 Å². The highest BCUT2D eigenvalue weighted by molar-refractivity contribution is 5.99. The van der Waals surface area contributed by atoms with Crippen molar-refractivity contribution in [2.45, 2.75) is 66.0 Å². The lowest BCUT2D eigenvalue weighted by molar-refractivity contribution is 0.0714. The summed E-state index contributed by atoms with van der Waals surface area (Å²) in [5.41, 5.74) is 5.59. The Bertz CT molecular complexity index is 1520. The van der Waals surface area contributed by atoms with Crippen LogP contribution < -0.4 is 10.2 Å². The molecule has 0 aliphatic carbocycles. The van der Waals surface area contributed by atoms with Gasteiger partial charge in [0, 0.05) is 6.54 Å². The van der Waals surface area contributed by atoms with Gasteiger partial charge in [0.05, 0.1) is 23.6 Å². The maximum absolute atomic E-state index is 14.0. The molecular formula is C33H35NO4. The number of hydrogen-bond donors (Lipinski definition) is 0. The maximum Gasteiger partial charge on any atom is 0.291 e. The first-order valence-electron chi connectivity index (χ1n) is 13.5. The Kier molecular flexibility index (Phi) is 7.37. The summed E-state index contributed by atoms with van der Waals surface area (Å²) in [4.78, 5) is 29.5. The van der Waals surface area contributed by atoms with Crippen LogP contribution in [0.25, 0.3) is 11.0 Å². The van der Waals surface area contributed by atoms with E-state index in [0.29, 0.717) is 29.7 Å². The van der Waals surface area contributed by atoms with Gasteiger partial charge in [0.25, 0.3) is 5.91 Å². The molecule has 5 heteroatoms. The Labute approximate surface area is 224 Å². The molecule has 3 aromatic carbocycles. The molecule has 4 aromatic rings. The summed E-state index contributed by atoms with van der Waals surface area (Å²) in [5, 5.41) is 0.538. The van der Waals surface area contributed by atoms with Crippen molar-refractivity contribution in [3.8, 4) is 5.75 Å². The summed E-state index contributed by atoms with van der Waals surface area (Å²) in [6.45, 7) is 9.16.